The number of hydrogen-bond acceptors (Lipinski definition) is 13. The number of imide groups is 1. The molecule has 0 saturated carbocycles. The predicted octanol–water partition coefficient (Wildman–Crippen LogP) is 11.1. The number of fused-ring (bicyclic) bond motifs is 3. The maximum absolute atomic E-state index is 13.8. The first-order valence-corrected chi connectivity index (χ1v) is 31.6. The van der Waals surface area contributed by atoms with Crippen LogP contribution >= 0.6 is 15.9 Å². The number of carbonyl (C=O) groups is 4. The number of ether oxygens (including phenoxy) is 5. The topological polar surface area (TPSA) is 170 Å². The lowest BCUT2D eigenvalue weighted by molar-refractivity contribution is -0.128. The standard InChI is InChI=1S/C47H75BrN8O9Si2/c1-31(57)55(43(59)64-46(5,6)7)56(44(60)65-47(8,9)10)37-20-17-32(27-49-37)36-28-50-54-40(36)51-39(33-25-34-18-19-35(26-33)53(34)42(58)63-45(2,3)4)38(48)41(54)52(29-61-21-23-66(11,12)13)30-62-22-24-67(14,15)16/h17,20,27-28,33-35H,18-19,21-26,29-30H2,1-16H3/t33?,34-,35+. The molecule has 4 amide bonds. The van der Waals surface area contributed by atoms with Gasteiger partial charge in [0.2, 0.25) is 5.91 Å². The van der Waals surface area contributed by atoms with Crippen molar-refractivity contribution in [3.8, 4) is 11.1 Å². The van der Waals surface area contributed by atoms with E-state index in [1.807, 2.05) is 25.7 Å². The first-order valence-electron chi connectivity index (χ1n) is 23.3. The quantitative estimate of drug-likeness (QED) is 0.0492. The average Bonchev–Trinajstić information content (AvgIpc) is 3.70. The van der Waals surface area contributed by atoms with Crippen molar-refractivity contribution in [2.75, 3.05) is 36.6 Å². The number of carbonyl (C=O) groups excluding carboxylic acids is 4. The Bertz CT molecular complexity index is 2210. The Hall–Kier alpha value is -4.12. The number of aromatic nitrogens is 4. The number of amides is 4. The van der Waals surface area contributed by atoms with Crippen molar-refractivity contribution in [3.05, 3.63) is 34.7 Å². The molecule has 67 heavy (non-hydrogen) atoms. The second-order valence-corrected chi connectivity index (χ2v) is 35.1. The van der Waals surface area contributed by atoms with Gasteiger partial charge < -0.3 is 33.5 Å². The smallest absolute Gasteiger partial charge is 0.437 e. The summed E-state index contributed by atoms with van der Waals surface area (Å²) in [7, 11) is -2.78. The number of pyridine rings is 1. The van der Waals surface area contributed by atoms with Crippen LogP contribution in [-0.4, -0.2) is 125 Å². The Morgan fingerprint density at radius 3 is 1.75 bits per heavy atom. The lowest BCUT2D eigenvalue weighted by atomic mass is 9.88. The molecule has 2 aliphatic rings. The minimum absolute atomic E-state index is 0.0119. The third-order valence-corrected chi connectivity index (χ3v) is 15.2. The maximum atomic E-state index is 13.8. The van der Waals surface area contributed by atoms with E-state index in [0.29, 0.717) is 53.7 Å². The van der Waals surface area contributed by atoms with Crippen molar-refractivity contribution < 1.29 is 42.9 Å². The highest BCUT2D eigenvalue weighted by atomic mass is 79.9. The van der Waals surface area contributed by atoms with Crippen LogP contribution in [-0.2, 0) is 28.5 Å². The van der Waals surface area contributed by atoms with Crippen molar-refractivity contribution in [1.29, 1.82) is 0 Å². The molecule has 0 aliphatic carbocycles. The van der Waals surface area contributed by atoms with Crippen molar-refractivity contribution >= 4 is 73.5 Å². The van der Waals surface area contributed by atoms with E-state index >= 15 is 0 Å². The van der Waals surface area contributed by atoms with Gasteiger partial charge in [0.05, 0.1) is 16.4 Å². The van der Waals surface area contributed by atoms with Gasteiger partial charge in [-0.2, -0.15) is 14.6 Å². The van der Waals surface area contributed by atoms with E-state index in [-0.39, 0.29) is 43.4 Å². The predicted molar refractivity (Wildman–Crippen MR) is 269 cm³/mol. The van der Waals surface area contributed by atoms with Crippen LogP contribution in [0.15, 0.2) is 29.0 Å². The SMILES string of the molecule is CC(=O)N(C(=O)OC(C)(C)C)N(C(=O)OC(C)(C)C)c1ccc(-c2cnn3c(N(COCC[Si](C)(C)C)COCC[Si](C)(C)C)c(Br)c(C4C[C@H]5CC[C@@H](C4)N5C(=O)OC(C)(C)C)nc23)cn1. The molecule has 0 radical (unpaired) electrons. The lowest BCUT2D eigenvalue weighted by Crippen LogP contribution is -2.55. The largest absolute Gasteiger partial charge is 0.444 e. The van der Waals surface area contributed by atoms with Gasteiger partial charge in [-0.3, -0.25) is 4.79 Å². The molecule has 20 heteroatoms. The van der Waals surface area contributed by atoms with Crippen molar-refractivity contribution in [1.82, 2.24) is 29.5 Å². The molecule has 0 aromatic carbocycles. The molecule has 2 bridgehead atoms. The van der Waals surface area contributed by atoms with Crippen molar-refractivity contribution in [3.63, 3.8) is 0 Å². The van der Waals surface area contributed by atoms with E-state index in [0.717, 1.165) is 47.0 Å². The van der Waals surface area contributed by atoms with Gasteiger partial charge in [0.15, 0.2) is 17.3 Å². The zero-order valence-corrected chi connectivity index (χ0v) is 46.3. The first-order chi connectivity index (χ1) is 30.8. The Morgan fingerprint density at radius 1 is 0.761 bits per heavy atom. The van der Waals surface area contributed by atoms with Crippen molar-refractivity contribution in [2.45, 2.75) is 181 Å². The van der Waals surface area contributed by atoms with E-state index in [4.69, 9.17) is 33.8 Å². The summed E-state index contributed by atoms with van der Waals surface area (Å²) in [5.74, 6) is -0.151. The number of hydrogen-bond donors (Lipinski definition) is 0. The van der Waals surface area contributed by atoms with E-state index in [9.17, 15) is 19.2 Å². The molecule has 3 aromatic heterocycles. The second kappa shape index (κ2) is 20.9. The molecule has 5 rings (SSSR count). The van der Waals surface area contributed by atoms with Crippen LogP contribution in [0.3, 0.4) is 0 Å². The summed E-state index contributed by atoms with van der Waals surface area (Å²) in [6.07, 6.45) is 4.04. The van der Waals surface area contributed by atoms with Crippen LogP contribution in [0.2, 0.25) is 51.4 Å². The number of hydrazine groups is 1. The van der Waals surface area contributed by atoms with Gasteiger partial charge in [-0.05, 0) is 128 Å². The van der Waals surface area contributed by atoms with Gasteiger partial charge in [-0.1, -0.05) is 39.3 Å². The lowest BCUT2D eigenvalue weighted by Gasteiger charge is -2.39. The molecule has 0 N–H and O–H groups in total. The highest BCUT2D eigenvalue weighted by Gasteiger charge is 2.46. The summed E-state index contributed by atoms with van der Waals surface area (Å²) < 4.78 is 32.5. The number of nitrogens with zero attached hydrogens (tertiary/aromatic N) is 8. The molecule has 17 nitrogen and oxygen atoms in total. The first kappa shape index (κ1) is 53.8. The Labute approximate surface area is 407 Å². The highest BCUT2D eigenvalue weighted by molar-refractivity contribution is 9.10. The molecule has 372 valence electrons. The maximum Gasteiger partial charge on any atom is 0.437 e. The Kier molecular flexibility index (Phi) is 16.8. The summed E-state index contributed by atoms with van der Waals surface area (Å²) in [5, 5.41) is 6.30. The van der Waals surface area contributed by atoms with Crippen LogP contribution in [0, 0.1) is 0 Å². The van der Waals surface area contributed by atoms with Gasteiger partial charge in [0.1, 0.15) is 30.3 Å². The van der Waals surface area contributed by atoms with E-state index in [2.05, 4.69) is 65.1 Å². The molecular weight excluding hydrogens is 957 g/mol. The van der Waals surface area contributed by atoms with Gasteiger partial charge in [0.25, 0.3) is 0 Å². The zero-order chi connectivity index (χ0) is 50.0. The summed E-state index contributed by atoms with van der Waals surface area (Å²) in [6, 6.07) is 5.22. The van der Waals surface area contributed by atoms with Crippen LogP contribution in [0.5, 0.6) is 0 Å². The number of rotatable bonds is 14. The van der Waals surface area contributed by atoms with E-state index in [1.54, 1.807) is 58.3 Å². The van der Waals surface area contributed by atoms with Crippen LogP contribution in [0.25, 0.3) is 16.8 Å². The summed E-state index contributed by atoms with van der Waals surface area (Å²) in [5.41, 5.74) is 0.0509. The molecule has 3 atom stereocenters. The number of halogens is 1. The Morgan fingerprint density at radius 2 is 1.28 bits per heavy atom. The molecule has 0 spiro atoms. The zero-order valence-electron chi connectivity index (χ0n) is 42.7. The summed E-state index contributed by atoms with van der Waals surface area (Å²) in [6.45, 7) is 32.5. The molecule has 5 heterocycles. The fraction of sp³-hybridized carbons (Fsp3) is 0.681. The van der Waals surface area contributed by atoms with E-state index < -0.39 is 51.0 Å². The van der Waals surface area contributed by atoms with Gasteiger partial charge >= 0.3 is 18.3 Å². The minimum atomic E-state index is -1.39. The van der Waals surface area contributed by atoms with Gasteiger partial charge in [-0.15, -0.1) is 5.01 Å². The molecule has 1 unspecified atom stereocenters. The second-order valence-electron chi connectivity index (χ2n) is 23.1. The molecule has 2 saturated heterocycles. The van der Waals surface area contributed by atoms with Crippen molar-refractivity contribution in [2.24, 2.45) is 0 Å². The summed E-state index contributed by atoms with van der Waals surface area (Å²) >= 11 is 4.04. The fourth-order valence-electron chi connectivity index (χ4n) is 7.91. The van der Waals surface area contributed by atoms with Crippen LogP contribution in [0.1, 0.15) is 107 Å². The van der Waals surface area contributed by atoms with Crippen LogP contribution in [0.4, 0.5) is 26.0 Å². The highest BCUT2D eigenvalue weighted by Crippen LogP contribution is 2.47. The van der Waals surface area contributed by atoms with Crippen LogP contribution < -0.4 is 9.91 Å². The van der Waals surface area contributed by atoms with Gasteiger partial charge in [0, 0.05) is 71.6 Å². The monoisotopic (exact) mass is 1030 g/mol. The number of piperidine rings is 1. The van der Waals surface area contributed by atoms with Gasteiger partial charge in [-0.25, -0.2) is 24.4 Å². The normalized spacial score (nSPS) is 17.9. The molecular formula is C47H75BrN8O9Si2. The average molecular weight is 1030 g/mol. The molecule has 2 fully saturated rings. The van der Waals surface area contributed by atoms with E-state index in [1.165, 1.54) is 12.3 Å². The minimum Gasteiger partial charge on any atom is -0.444 e. The Balaban J connectivity index is 1.63. The third kappa shape index (κ3) is 14.7. The molecule has 2 aliphatic heterocycles. The number of anilines is 2. The fourth-order valence-corrected chi connectivity index (χ4v) is 10.3. The molecule has 3 aromatic rings. The summed E-state index contributed by atoms with van der Waals surface area (Å²) in [4.78, 5) is 68.0. The third-order valence-electron chi connectivity index (χ3n) is 11.0.